The number of fused-ring (bicyclic) bond motifs is 1. The number of aromatic nitrogens is 1. The van der Waals surface area contributed by atoms with Crippen molar-refractivity contribution in [3.05, 3.63) is 23.5 Å². The van der Waals surface area contributed by atoms with E-state index in [9.17, 15) is 9.00 Å². The molecule has 1 aliphatic rings. The second-order valence-corrected chi connectivity index (χ2v) is 7.63. The minimum atomic E-state index is -2.78. The molecule has 0 saturated heterocycles. The number of nitrogens with zero attached hydrogens (tertiary/aromatic N) is 2. The summed E-state index contributed by atoms with van der Waals surface area (Å²) in [4.78, 5) is 12.7. The van der Waals surface area contributed by atoms with Crippen molar-refractivity contribution in [2.45, 2.75) is 31.7 Å². The van der Waals surface area contributed by atoms with Crippen LogP contribution in [0.4, 0.5) is 0 Å². The monoisotopic (exact) mass is 325 g/mol. The van der Waals surface area contributed by atoms with Crippen LogP contribution in [0.3, 0.4) is 0 Å². The van der Waals surface area contributed by atoms with Crippen molar-refractivity contribution in [3.8, 4) is 0 Å². The van der Waals surface area contributed by atoms with E-state index in [2.05, 4.69) is 9.08 Å². The van der Waals surface area contributed by atoms with Crippen molar-refractivity contribution in [2.24, 2.45) is 17.3 Å². The summed E-state index contributed by atoms with van der Waals surface area (Å²) in [7, 11) is 0.483. The lowest BCUT2D eigenvalue weighted by atomic mass is 10.0. The van der Waals surface area contributed by atoms with E-state index in [0.29, 0.717) is 22.8 Å². The number of hydrogen-bond acceptors (Lipinski definition) is 4. The van der Waals surface area contributed by atoms with Gasteiger partial charge in [-0.1, -0.05) is 26.0 Å². The number of esters is 1. The zero-order valence-corrected chi connectivity index (χ0v) is 14.4. The molecule has 0 aromatic carbocycles. The van der Waals surface area contributed by atoms with Gasteiger partial charge in [-0.2, -0.15) is 0 Å². The summed E-state index contributed by atoms with van der Waals surface area (Å²) in [6.07, 6.45) is 5.47. The van der Waals surface area contributed by atoms with Gasteiger partial charge in [0, 0.05) is 31.9 Å². The second kappa shape index (κ2) is 6.26. The molecule has 122 valence electrons. The van der Waals surface area contributed by atoms with Crippen LogP contribution in [-0.2, 0) is 21.7 Å². The second-order valence-electron chi connectivity index (χ2n) is 5.54. The van der Waals surface area contributed by atoms with E-state index in [-0.39, 0.29) is 12.0 Å². The van der Waals surface area contributed by atoms with Gasteiger partial charge < -0.3 is 9.30 Å². The van der Waals surface area contributed by atoms with Crippen LogP contribution in [0.2, 0.25) is 0 Å². The van der Waals surface area contributed by atoms with Crippen LogP contribution < -0.4 is 4.72 Å². The Balaban J connectivity index is 2.67. The molecule has 2 rings (SSSR count). The molecule has 22 heavy (non-hydrogen) atoms. The minimum Gasteiger partial charge on any atom is -0.461 e. The fourth-order valence-corrected chi connectivity index (χ4v) is 4.36. The largest absolute Gasteiger partial charge is 0.461 e. The first-order chi connectivity index (χ1) is 10.3. The number of carbonyl (C=O) groups is 1. The van der Waals surface area contributed by atoms with E-state index in [1.807, 2.05) is 26.0 Å². The molecule has 1 N–H and O–H groups in total. The van der Waals surface area contributed by atoms with E-state index >= 15 is 0 Å². The van der Waals surface area contributed by atoms with E-state index in [1.54, 1.807) is 24.7 Å². The number of ether oxygens (including phenoxy) is 1. The highest BCUT2D eigenvalue weighted by Gasteiger charge is 2.30. The first-order valence-corrected chi connectivity index (χ1v) is 8.82. The van der Waals surface area contributed by atoms with Crippen molar-refractivity contribution in [3.63, 3.8) is 0 Å². The summed E-state index contributed by atoms with van der Waals surface area (Å²) < 4.78 is 27.2. The van der Waals surface area contributed by atoms with Crippen LogP contribution in [0.5, 0.6) is 0 Å². The van der Waals surface area contributed by atoms with Crippen LogP contribution in [0, 0.1) is 5.92 Å². The highest BCUT2D eigenvalue weighted by Crippen LogP contribution is 2.29. The van der Waals surface area contributed by atoms with E-state index in [1.165, 1.54) is 7.05 Å². The van der Waals surface area contributed by atoms with Gasteiger partial charge in [0.15, 0.2) is 0 Å². The molecule has 1 aliphatic heterocycles. The van der Waals surface area contributed by atoms with Crippen molar-refractivity contribution < 1.29 is 13.7 Å². The van der Waals surface area contributed by atoms with Crippen molar-refractivity contribution >= 4 is 22.0 Å². The van der Waals surface area contributed by atoms with E-state index < -0.39 is 15.9 Å². The zero-order valence-electron chi connectivity index (χ0n) is 13.6. The smallest absolute Gasteiger partial charge is 0.355 e. The average molecular weight is 325 g/mol. The Morgan fingerprint density at radius 1 is 1.55 bits per heavy atom. The molecule has 0 fully saturated rings. The van der Waals surface area contributed by atoms with Crippen molar-refractivity contribution in [1.29, 1.82) is 0 Å². The molecular weight excluding hydrogens is 302 g/mol. The predicted molar refractivity (Wildman–Crippen MR) is 86.9 cm³/mol. The average Bonchev–Trinajstić information content (AvgIpc) is 2.73. The van der Waals surface area contributed by atoms with Crippen molar-refractivity contribution in [1.82, 2.24) is 9.29 Å². The molecule has 2 unspecified atom stereocenters. The van der Waals surface area contributed by atoms with Gasteiger partial charge >= 0.3 is 5.97 Å². The summed E-state index contributed by atoms with van der Waals surface area (Å²) in [5.74, 6) is -0.167. The number of hydrogen-bond donors (Lipinski definition) is 1. The molecule has 2 heterocycles. The van der Waals surface area contributed by atoms with Gasteiger partial charge in [0.2, 0.25) is 0 Å². The van der Waals surface area contributed by atoms with Crippen LogP contribution in [0.1, 0.15) is 36.8 Å². The van der Waals surface area contributed by atoms with Gasteiger partial charge in [-0.15, -0.1) is 0 Å². The normalized spacial score (nSPS) is 24.0. The topological polar surface area (TPSA) is 72.7 Å². The summed E-state index contributed by atoms with van der Waals surface area (Å²) in [6.45, 7) is 6.14. The molecule has 0 spiro atoms. The maximum Gasteiger partial charge on any atom is 0.355 e. The van der Waals surface area contributed by atoms with Gasteiger partial charge in [-0.25, -0.2) is 18.1 Å². The quantitative estimate of drug-likeness (QED) is 0.866. The standard InChI is InChI=1S/C15H23N3O3S/c1-6-21-15(19)14-11-7-8-12(10(2)3)17-22(20,16-4)13(11)9-18(14)5/h7-10,12H,6H2,1-5H3,(H,16,17,20). The third kappa shape index (κ3) is 2.83. The van der Waals surface area contributed by atoms with Crippen LogP contribution in [0.15, 0.2) is 21.5 Å². The highest BCUT2D eigenvalue weighted by molar-refractivity contribution is 7.91. The maximum atomic E-state index is 13.2. The van der Waals surface area contributed by atoms with Gasteiger partial charge in [-0.3, -0.25) is 0 Å². The molecule has 2 atom stereocenters. The van der Waals surface area contributed by atoms with E-state index in [0.717, 1.165) is 0 Å². The Bertz CT molecular complexity index is 725. The Kier molecular flexibility index (Phi) is 4.77. The fraction of sp³-hybridized carbons (Fsp3) is 0.533. The lowest BCUT2D eigenvalue weighted by Crippen LogP contribution is -2.36. The summed E-state index contributed by atoms with van der Waals surface area (Å²) in [5, 5.41) is 0. The summed E-state index contributed by atoms with van der Waals surface area (Å²) in [6, 6.07) is -0.0797. The van der Waals surface area contributed by atoms with Gasteiger partial charge in [0.25, 0.3) is 0 Å². The molecule has 1 aromatic rings. The molecule has 0 bridgehead atoms. The third-order valence-electron chi connectivity index (χ3n) is 3.69. The molecule has 0 radical (unpaired) electrons. The number of carbonyl (C=O) groups excluding carboxylic acids is 1. The molecule has 7 heteroatoms. The molecule has 0 amide bonds. The minimum absolute atomic E-state index is 0.0797. The number of rotatable bonds is 3. The van der Waals surface area contributed by atoms with Gasteiger partial charge in [-0.05, 0) is 12.8 Å². The molecule has 0 saturated carbocycles. The zero-order chi connectivity index (χ0) is 16.5. The lowest BCUT2D eigenvalue weighted by molar-refractivity contribution is 0.0515. The molecule has 6 nitrogen and oxygen atoms in total. The summed E-state index contributed by atoms with van der Waals surface area (Å²) in [5.41, 5.74) is 1.02. The first kappa shape index (κ1) is 16.8. The highest BCUT2D eigenvalue weighted by atomic mass is 32.2. The van der Waals surface area contributed by atoms with Crippen LogP contribution >= 0.6 is 0 Å². The Labute approximate surface area is 131 Å². The van der Waals surface area contributed by atoms with Crippen LogP contribution in [-0.4, -0.2) is 34.4 Å². The number of nitrogens with one attached hydrogen (secondary N) is 1. The van der Waals surface area contributed by atoms with Crippen LogP contribution in [0.25, 0.3) is 6.08 Å². The fourth-order valence-electron chi connectivity index (χ4n) is 2.45. The first-order valence-electron chi connectivity index (χ1n) is 7.31. The number of aryl methyl sites for hydroxylation is 1. The van der Waals surface area contributed by atoms with E-state index in [4.69, 9.17) is 4.74 Å². The third-order valence-corrected chi connectivity index (χ3v) is 5.72. The Hall–Kier alpha value is -1.60. The van der Waals surface area contributed by atoms with Gasteiger partial charge in [0.05, 0.1) is 11.5 Å². The SMILES string of the molecule is CCOC(=O)c1c2c(cn1C)S(=O)(=NC)NC(C(C)C)C=C2. The van der Waals surface area contributed by atoms with Crippen molar-refractivity contribution in [2.75, 3.05) is 13.7 Å². The molecule has 0 aliphatic carbocycles. The Morgan fingerprint density at radius 2 is 2.23 bits per heavy atom. The predicted octanol–water partition coefficient (Wildman–Crippen LogP) is 2.21. The molecular formula is C15H23N3O3S. The summed E-state index contributed by atoms with van der Waals surface area (Å²) >= 11 is 0. The van der Waals surface area contributed by atoms with Gasteiger partial charge in [0.1, 0.15) is 15.6 Å². The molecule has 1 aromatic heterocycles. The Morgan fingerprint density at radius 3 is 2.77 bits per heavy atom. The maximum absolute atomic E-state index is 13.2. The lowest BCUT2D eigenvalue weighted by Gasteiger charge is -2.19.